The van der Waals surface area contributed by atoms with Crippen LogP contribution in [0, 0.1) is 5.92 Å². The predicted molar refractivity (Wildman–Crippen MR) is 79.1 cm³/mol. The van der Waals surface area contributed by atoms with E-state index in [1.54, 1.807) is 6.07 Å². The van der Waals surface area contributed by atoms with Crippen molar-refractivity contribution in [2.45, 2.75) is 44.2 Å². The van der Waals surface area contributed by atoms with Crippen molar-refractivity contribution in [2.75, 3.05) is 6.54 Å². The second-order valence-corrected chi connectivity index (χ2v) is 7.82. The van der Waals surface area contributed by atoms with Crippen LogP contribution in [-0.2, 0) is 16.6 Å². The molecule has 1 fully saturated rings. The van der Waals surface area contributed by atoms with Gasteiger partial charge in [0.05, 0.1) is 11.5 Å². The molecule has 1 aromatic carbocycles. The first-order valence-corrected chi connectivity index (χ1v) is 8.59. The number of hydrogen-bond donors (Lipinski definition) is 1. The highest BCUT2D eigenvalue weighted by atomic mass is 35.5. The zero-order chi connectivity index (χ0) is 14.9. The summed E-state index contributed by atoms with van der Waals surface area (Å²) in [4.78, 5) is 0.189. The normalized spacial score (nSPS) is 16.1. The van der Waals surface area contributed by atoms with Crippen molar-refractivity contribution < 1.29 is 13.5 Å². The van der Waals surface area contributed by atoms with Crippen LogP contribution < -0.4 is 0 Å². The van der Waals surface area contributed by atoms with E-state index in [9.17, 15) is 8.42 Å². The first-order chi connectivity index (χ1) is 9.36. The summed E-state index contributed by atoms with van der Waals surface area (Å²) >= 11 is 5.99. The van der Waals surface area contributed by atoms with E-state index in [0.717, 1.165) is 12.8 Å². The molecule has 1 N–H and O–H groups in total. The Hall–Kier alpha value is -0.620. The fourth-order valence-electron chi connectivity index (χ4n) is 2.09. The lowest BCUT2D eigenvalue weighted by Crippen LogP contribution is -2.38. The van der Waals surface area contributed by atoms with Crippen LogP contribution in [0.3, 0.4) is 0 Å². The summed E-state index contributed by atoms with van der Waals surface area (Å²) in [5.41, 5.74) is 0.531. The number of aliphatic hydroxyl groups is 1. The molecule has 0 saturated heterocycles. The monoisotopic (exact) mass is 317 g/mol. The fourth-order valence-corrected chi connectivity index (χ4v) is 4.14. The minimum Gasteiger partial charge on any atom is -0.392 e. The highest BCUT2D eigenvalue weighted by Gasteiger charge is 2.33. The van der Waals surface area contributed by atoms with Gasteiger partial charge in [-0.15, -0.1) is 0 Å². The van der Waals surface area contributed by atoms with Gasteiger partial charge in [-0.2, -0.15) is 4.31 Å². The highest BCUT2D eigenvalue weighted by molar-refractivity contribution is 7.89. The Kier molecular flexibility index (Phi) is 4.74. The maximum Gasteiger partial charge on any atom is 0.243 e. The van der Waals surface area contributed by atoms with Gasteiger partial charge in [0.1, 0.15) is 0 Å². The van der Waals surface area contributed by atoms with Gasteiger partial charge in [-0.3, -0.25) is 0 Å². The molecule has 0 aliphatic heterocycles. The Morgan fingerprint density at radius 2 is 2.05 bits per heavy atom. The number of nitrogens with zero attached hydrogens (tertiary/aromatic N) is 1. The highest BCUT2D eigenvalue weighted by Crippen LogP contribution is 2.33. The van der Waals surface area contributed by atoms with E-state index in [-0.39, 0.29) is 22.6 Å². The minimum atomic E-state index is -3.54. The van der Waals surface area contributed by atoms with Gasteiger partial charge in [-0.1, -0.05) is 17.7 Å². The quantitative estimate of drug-likeness (QED) is 0.877. The summed E-state index contributed by atoms with van der Waals surface area (Å²) < 4.78 is 26.9. The number of hydrogen-bond acceptors (Lipinski definition) is 3. The van der Waals surface area contributed by atoms with Crippen LogP contribution in [0.4, 0.5) is 0 Å². The van der Waals surface area contributed by atoms with Crippen molar-refractivity contribution in [1.82, 2.24) is 4.31 Å². The van der Waals surface area contributed by atoms with Crippen LogP contribution in [0.15, 0.2) is 23.1 Å². The van der Waals surface area contributed by atoms with Crippen LogP contribution in [0.25, 0.3) is 0 Å². The predicted octanol–water partition coefficient (Wildman–Crippen LogP) is 2.64. The Balaban J connectivity index is 2.33. The molecule has 1 aromatic rings. The third-order valence-corrected chi connectivity index (χ3v) is 5.90. The summed E-state index contributed by atoms with van der Waals surface area (Å²) in [6.45, 7) is 4.13. The zero-order valence-electron chi connectivity index (χ0n) is 11.7. The summed E-state index contributed by atoms with van der Waals surface area (Å²) in [6.07, 6.45) is 2.20. The van der Waals surface area contributed by atoms with Gasteiger partial charge in [-0.05, 0) is 50.3 Å². The van der Waals surface area contributed by atoms with Gasteiger partial charge >= 0.3 is 0 Å². The van der Waals surface area contributed by atoms with Crippen LogP contribution >= 0.6 is 11.6 Å². The van der Waals surface area contributed by atoms with Gasteiger partial charge in [0, 0.05) is 17.6 Å². The largest absolute Gasteiger partial charge is 0.392 e. The van der Waals surface area contributed by atoms with Gasteiger partial charge in [0.25, 0.3) is 0 Å². The molecule has 20 heavy (non-hydrogen) atoms. The summed E-state index contributed by atoms with van der Waals surface area (Å²) in [5.74, 6) is 0.486. The molecule has 0 spiro atoms. The van der Waals surface area contributed by atoms with Crippen molar-refractivity contribution in [3.8, 4) is 0 Å². The molecule has 1 saturated carbocycles. The maximum absolute atomic E-state index is 12.7. The fraction of sp³-hybridized carbons (Fsp3) is 0.571. The zero-order valence-corrected chi connectivity index (χ0v) is 13.3. The van der Waals surface area contributed by atoms with E-state index in [4.69, 9.17) is 16.7 Å². The lowest BCUT2D eigenvalue weighted by atomic mass is 10.2. The van der Waals surface area contributed by atoms with E-state index >= 15 is 0 Å². The summed E-state index contributed by atoms with van der Waals surface area (Å²) in [5, 5.41) is 9.37. The van der Waals surface area contributed by atoms with Crippen molar-refractivity contribution in [1.29, 1.82) is 0 Å². The molecule has 0 atom stereocenters. The summed E-state index contributed by atoms with van der Waals surface area (Å²) in [7, 11) is -3.54. The van der Waals surface area contributed by atoms with E-state index in [1.165, 1.54) is 16.4 Å². The average molecular weight is 318 g/mol. The van der Waals surface area contributed by atoms with Crippen molar-refractivity contribution in [3.63, 3.8) is 0 Å². The molecule has 1 aliphatic rings. The summed E-state index contributed by atoms with van der Waals surface area (Å²) in [6, 6.07) is 4.40. The Labute approximate surface area is 125 Å². The van der Waals surface area contributed by atoms with E-state index in [1.807, 2.05) is 13.8 Å². The Morgan fingerprint density at radius 3 is 2.50 bits per heavy atom. The number of aliphatic hydroxyl groups excluding tert-OH is 1. The van der Waals surface area contributed by atoms with E-state index in [0.29, 0.717) is 18.0 Å². The van der Waals surface area contributed by atoms with Gasteiger partial charge in [-0.25, -0.2) is 8.42 Å². The molecule has 0 bridgehead atoms. The van der Waals surface area contributed by atoms with Crippen molar-refractivity contribution >= 4 is 21.6 Å². The molecule has 6 heteroatoms. The number of sulfonamides is 1. The van der Waals surface area contributed by atoms with Crippen LogP contribution in [0.2, 0.25) is 5.02 Å². The topological polar surface area (TPSA) is 57.6 Å². The van der Waals surface area contributed by atoms with Crippen LogP contribution in [0.1, 0.15) is 32.3 Å². The Bertz CT molecular complexity index is 582. The van der Waals surface area contributed by atoms with Crippen molar-refractivity contribution in [2.24, 2.45) is 5.92 Å². The molecule has 0 amide bonds. The number of rotatable bonds is 6. The standard InChI is InChI=1S/C14H20ClNO3S/c1-10(2)16(8-11-3-4-11)20(18,19)13-6-5-12(9-17)14(15)7-13/h5-7,10-11,17H,3-4,8-9H2,1-2H3. The van der Waals surface area contributed by atoms with Gasteiger partial charge in [0.2, 0.25) is 10.0 Å². The SMILES string of the molecule is CC(C)N(CC1CC1)S(=O)(=O)c1ccc(CO)c(Cl)c1. The third kappa shape index (κ3) is 3.34. The molecule has 2 rings (SSSR count). The molecule has 1 aliphatic carbocycles. The van der Waals surface area contributed by atoms with E-state index < -0.39 is 10.0 Å². The average Bonchev–Trinajstić information content (AvgIpc) is 3.19. The maximum atomic E-state index is 12.7. The molecule has 0 heterocycles. The molecular formula is C14H20ClNO3S. The number of halogens is 1. The molecular weight excluding hydrogens is 298 g/mol. The minimum absolute atomic E-state index is 0.0862. The lowest BCUT2D eigenvalue weighted by Gasteiger charge is -2.26. The lowest BCUT2D eigenvalue weighted by molar-refractivity contribution is 0.282. The molecule has 0 radical (unpaired) electrons. The molecule has 0 aromatic heterocycles. The second-order valence-electron chi connectivity index (χ2n) is 5.52. The molecule has 0 unspecified atom stereocenters. The van der Waals surface area contributed by atoms with E-state index in [2.05, 4.69) is 0 Å². The first-order valence-electron chi connectivity index (χ1n) is 6.77. The first kappa shape index (κ1) is 15.8. The molecule has 112 valence electrons. The smallest absolute Gasteiger partial charge is 0.243 e. The third-order valence-electron chi connectivity index (χ3n) is 3.51. The molecule has 4 nitrogen and oxygen atoms in total. The second kappa shape index (κ2) is 6.02. The van der Waals surface area contributed by atoms with Crippen LogP contribution in [-0.4, -0.2) is 30.4 Å². The van der Waals surface area contributed by atoms with Crippen LogP contribution in [0.5, 0.6) is 0 Å². The number of benzene rings is 1. The van der Waals surface area contributed by atoms with Crippen molar-refractivity contribution in [3.05, 3.63) is 28.8 Å². The van der Waals surface area contributed by atoms with Gasteiger partial charge in [0.15, 0.2) is 0 Å². The van der Waals surface area contributed by atoms with Gasteiger partial charge < -0.3 is 5.11 Å². The Morgan fingerprint density at radius 1 is 1.40 bits per heavy atom.